The molecule has 4 aromatic carbocycles. The zero-order chi connectivity index (χ0) is 30.2. The van der Waals surface area contributed by atoms with Crippen LogP contribution in [0.15, 0.2) is 84.0 Å². The van der Waals surface area contributed by atoms with Crippen LogP contribution in [0.4, 0.5) is 11.4 Å². The molecule has 1 aliphatic heterocycles. The molecular weight excluding hydrogens is 570 g/mol. The fourth-order valence-electron chi connectivity index (χ4n) is 4.93. The number of para-hydroxylation sites is 2. The maximum Gasteiger partial charge on any atom is 0.271 e. The number of phenolic OH excluding ortho intramolecular Hbond substituents is 1. The molecule has 5 rings (SSSR count). The van der Waals surface area contributed by atoms with Crippen molar-refractivity contribution in [3.63, 3.8) is 0 Å². The molecule has 3 amide bonds. The zero-order valence-electron chi connectivity index (χ0n) is 23.1. The van der Waals surface area contributed by atoms with Crippen molar-refractivity contribution in [2.45, 2.75) is 18.9 Å². The van der Waals surface area contributed by atoms with E-state index in [9.17, 15) is 19.5 Å². The van der Waals surface area contributed by atoms with E-state index in [4.69, 9.17) is 16.3 Å². The van der Waals surface area contributed by atoms with Crippen LogP contribution >= 0.6 is 11.6 Å². The number of ether oxygens (including phenoxy) is 1. The van der Waals surface area contributed by atoms with E-state index in [2.05, 4.69) is 21.2 Å². The van der Waals surface area contributed by atoms with Gasteiger partial charge in [0.2, 0.25) is 6.41 Å². The maximum atomic E-state index is 13.0. The summed E-state index contributed by atoms with van der Waals surface area (Å²) in [5.41, 5.74) is 5.04. The average Bonchev–Trinajstić information content (AvgIpc) is 3.03. The lowest BCUT2D eigenvalue weighted by Crippen LogP contribution is -2.44. The summed E-state index contributed by atoms with van der Waals surface area (Å²) < 4.78 is 5.98. The standard InChI is InChI=1S/C32H30ClN5O5/c33-26-17-21(9-11-29(26)40)32(42)37-35-18-22-10-12-30(25-6-2-1-5-24(22)25)43-19-31(41)38-15-13-23(14-16-38)36-28-8-4-3-7-27(28)34-20-39/h1-12,17-18,20,23,36,40H,13-16,19H2,(H,34,39)(H,37,42)/b35-18+. The van der Waals surface area contributed by atoms with Gasteiger partial charge in [0.05, 0.1) is 22.6 Å². The minimum atomic E-state index is -0.472. The van der Waals surface area contributed by atoms with E-state index in [1.165, 1.54) is 24.4 Å². The molecule has 43 heavy (non-hydrogen) atoms. The van der Waals surface area contributed by atoms with E-state index in [0.717, 1.165) is 40.6 Å². The van der Waals surface area contributed by atoms with Crippen molar-refractivity contribution >= 4 is 58.2 Å². The van der Waals surface area contributed by atoms with Gasteiger partial charge in [-0.05, 0) is 60.7 Å². The Labute approximate surface area is 253 Å². The highest BCUT2D eigenvalue weighted by Crippen LogP contribution is 2.29. The number of aromatic hydroxyl groups is 1. The minimum Gasteiger partial charge on any atom is -0.506 e. The monoisotopic (exact) mass is 599 g/mol. The number of rotatable bonds is 10. The number of hydrogen-bond donors (Lipinski definition) is 4. The Balaban J connectivity index is 1.17. The number of carbonyl (C=O) groups excluding carboxylic acids is 3. The Morgan fingerprint density at radius 2 is 1.70 bits per heavy atom. The van der Waals surface area contributed by atoms with Crippen LogP contribution in [-0.4, -0.2) is 60.2 Å². The molecule has 1 heterocycles. The van der Waals surface area contributed by atoms with Gasteiger partial charge < -0.3 is 25.4 Å². The van der Waals surface area contributed by atoms with Crippen molar-refractivity contribution in [3.8, 4) is 11.5 Å². The van der Waals surface area contributed by atoms with Gasteiger partial charge in [0.15, 0.2) is 6.61 Å². The molecule has 0 bridgehead atoms. The molecule has 11 heteroatoms. The quantitative estimate of drug-likeness (QED) is 0.115. The van der Waals surface area contributed by atoms with Crippen LogP contribution in [0, 0.1) is 0 Å². The van der Waals surface area contributed by atoms with E-state index in [-0.39, 0.29) is 34.9 Å². The molecule has 1 fully saturated rings. The Hall–Kier alpha value is -5.09. The van der Waals surface area contributed by atoms with Gasteiger partial charge >= 0.3 is 0 Å². The van der Waals surface area contributed by atoms with Crippen LogP contribution in [-0.2, 0) is 9.59 Å². The molecular formula is C32H30ClN5O5. The predicted molar refractivity (Wildman–Crippen MR) is 167 cm³/mol. The SMILES string of the molecule is O=CNc1ccccc1NC1CCN(C(=O)COc2ccc(/C=N/NC(=O)c3ccc(O)c(Cl)c3)c3ccccc23)CC1. The first-order valence-corrected chi connectivity index (χ1v) is 14.1. The van der Waals surface area contributed by atoms with Gasteiger partial charge in [-0.3, -0.25) is 14.4 Å². The first kappa shape index (κ1) is 29.4. The predicted octanol–water partition coefficient (Wildman–Crippen LogP) is 5.01. The summed E-state index contributed by atoms with van der Waals surface area (Å²) in [4.78, 5) is 38.1. The summed E-state index contributed by atoms with van der Waals surface area (Å²) in [6.45, 7) is 1.11. The topological polar surface area (TPSA) is 132 Å². The number of benzene rings is 4. The molecule has 4 aromatic rings. The number of hydrogen-bond acceptors (Lipinski definition) is 7. The van der Waals surface area contributed by atoms with Crippen LogP contribution in [0.25, 0.3) is 10.8 Å². The van der Waals surface area contributed by atoms with Crippen LogP contribution in [0.2, 0.25) is 5.02 Å². The average molecular weight is 600 g/mol. The molecule has 0 saturated carbocycles. The van der Waals surface area contributed by atoms with Crippen molar-refractivity contribution in [1.82, 2.24) is 10.3 Å². The number of likely N-dealkylation sites (tertiary alicyclic amines) is 1. The Morgan fingerprint density at radius 1 is 0.977 bits per heavy atom. The lowest BCUT2D eigenvalue weighted by Gasteiger charge is -2.33. The van der Waals surface area contributed by atoms with Gasteiger partial charge in [-0.2, -0.15) is 5.10 Å². The van der Waals surface area contributed by atoms with Gasteiger partial charge in [0.1, 0.15) is 11.5 Å². The second-order valence-corrected chi connectivity index (χ2v) is 10.4. The van der Waals surface area contributed by atoms with Gasteiger partial charge in [-0.15, -0.1) is 0 Å². The summed E-state index contributed by atoms with van der Waals surface area (Å²) in [6.07, 6.45) is 3.73. The van der Waals surface area contributed by atoms with Crippen LogP contribution in [0.5, 0.6) is 11.5 Å². The maximum absolute atomic E-state index is 13.0. The fourth-order valence-corrected chi connectivity index (χ4v) is 5.11. The molecule has 0 spiro atoms. The summed E-state index contributed by atoms with van der Waals surface area (Å²) in [5.74, 6) is -0.101. The molecule has 1 aliphatic rings. The van der Waals surface area contributed by atoms with Gasteiger partial charge in [-0.25, -0.2) is 5.43 Å². The second kappa shape index (κ2) is 13.7. The largest absolute Gasteiger partial charge is 0.506 e. The van der Waals surface area contributed by atoms with E-state index >= 15 is 0 Å². The number of carbonyl (C=O) groups is 3. The Kier molecular flexibility index (Phi) is 9.38. The van der Waals surface area contributed by atoms with Crippen molar-refractivity contribution < 1.29 is 24.2 Å². The first-order valence-electron chi connectivity index (χ1n) is 13.7. The number of nitrogens with one attached hydrogen (secondary N) is 3. The van der Waals surface area contributed by atoms with Gasteiger partial charge in [0.25, 0.3) is 11.8 Å². The highest BCUT2D eigenvalue weighted by molar-refractivity contribution is 6.32. The van der Waals surface area contributed by atoms with Crippen molar-refractivity contribution in [2.24, 2.45) is 5.10 Å². The molecule has 0 radical (unpaired) electrons. The van der Waals surface area contributed by atoms with E-state index in [0.29, 0.717) is 25.2 Å². The molecule has 0 aliphatic carbocycles. The smallest absolute Gasteiger partial charge is 0.271 e. The molecule has 0 unspecified atom stereocenters. The van der Waals surface area contributed by atoms with Crippen molar-refractivity contribution in [3.05, 3.63) is 95.0 Å². The number of piperidine rings is 1. The highest BCUT2D eigenvalue weighted by Gasteiger charge is 2.23. The summed E-state index contributed by atoms with van der Waals surface area (Å²) in [6, 6.07) is 23.0. The molecule has 4 N–H and O–H groups in total. The van der Waals surface area contributed by atoms with E-state index in [1.807, 2.05) is 54.6 Å². The van der Waals surface area contributed by atoms with Gasteiger partial charge in [-0.1, -0.05) is 48.0 Å². The van der Waals surface area contributed by atoms with Crippen molar-refractivity contribution in [1.29, 1.82) is 0 Å². The molecule has 0 atom stereocenters. The van der Waals surface area contributed by atoms with E-state index < -0.39 is 5.91 Å². The third-order valence-corrected chi connectivity index (χ3v) is 7.50. The highest BCUT2D eigenvalue weighted by atomic mass is 35.5. The lowest BCUT2D eigenvalue weighted by molar-refractivity contribution is -0.134. The summed E-state index contributed by atoms with van der Waals surface area (Å²) in [7, 11) is 0. The first-order chi connectivity index (χ1) is 20.9. The normalized spacial score (nSPS) is 13.6. The summed E-state index contributed by atoms with van der Waals surface area (Å²) in [5, 5.41) is 21.5. The number of amides is 3. The number of nitrogens with zero attached hydrogens (tertiary/aromatic N) is 2. The third kappa shape index (κ3) is 7.22. The van der Waals surface area contributed by atoms with Crippen LogP contribution < -0.4 is 20.8 Å². The number of halogens is 1. The fraction of sp³-hybridized carbons (Fsp3) is 0.188. The molecule has 10 nitrogen and oxygen atoms in total. The zero-order valence-corrected chi connectivity index (χ0v) is 23.9. The summed E-state index contributed by atoms with van der Waals surface area (Å²) >= 11 is 5.89. The van der Waals surface area contributed by atoms with Crippen LogP contribution in [0.1, 0.15) is 28.8 Å². The minimum absolute atomic E-state index is 0.0736. The number of fused-ring (bicyclic) bond motifs is 1. The van der Waals surface area contributed by atoms with E-state index in [1.54, 1.807) is 11.0 Å². The second-order valence-electron chi connectivity index (χ2n) is 9.96. The number of hydrazone groups is 1. The Morgan fingerprint density at radius 3 is 2.44 bits per heavy atom. The Bertz CT molecular complexity index is 1670. The van der Waals surface area contributed by atoms with Gasteiger partial charge in [0, 0.05) is 35.6 Å². The lowest BCUT2D eigenvalue weighted by atomic mass is 10.0. The molecule has 220 valence electrons. The third-order valence-electron chi connectivity index (χ3n) is 7.20. The molecule has 1 saturated heterocycles. The van der Waals surface area contributed by atoms with Crippen molar-refractivity contribution in [2.75, 3.05) is 30.3 Å². The number of anilines is 2. The molecule has 0 aromatic heterocycles. The van der Waals surface area contributed by atoms with Crippen LogP contribution in [0.3, 0.4) is 0 Å². The number of phenols is 1.